The quantitative estimate of drug-likeness (QED) is 0.111. The number of allylic oxidation sites excluding steroid dienone is 1. The molecule has 0 spiro atoms. The second-order valence-corrected chi connectivity index (χ2v) is 17.5. The first-order valence-corrected chi connectivity index (χ1v) is 21.3. The Morgan fingerprint density at radius 1 is 0.774 bits per heavy atom. The SMILES string of the molecule is C=C(C)c1ccc(-c2c(-c3nn(C(C)C)c4nc[n+](CC(C)c5cnc(-c6c(-c7nn(C(C)C)c8ncnc(N)c78)noc6C6CC6)nc5C)c(N)c34)noc2C2CC2)nc1C. The number of nitrogens with two attached hydrogens (primary N) is 2. The zero-order valence-corrected chi connectivity index (χ0v) is 36.3. The van der Waals surface area contributed by atoms with Gasteiger partial charge in [-0.15, -0.1) is 0 Å². The molecule has 4 N–H and O–H groups in total. The van der Waals surface area contributed by atoms with Gasteiger partial charge in [0, 0.05) is 41.4 Å². The Labute approximate surface area is 357 Å². The van der Waals surface area contributed by atoms with E-state index in [0.717, 1.165) is 76.5 Å². The lowest BCUT2D eigenvalue weighted by atomic mass is 10.00. The number of anilines is 2. The molecular weight excluding hydrogens is 783 g/mol. The minimum Gasteiger partial charge on any atom is -0.383 e. The van der Waals surface area contributed by atoms with Crippen molar-refractivity contribution in [3.63, 3.8) is 0 Å². The highest BCUT2D eigenvalue weighted by molar-refractivity contribution is 6.01. The second kappa shape index (κ2) is 14.6. The topological polar surface area (TPSA) is 221 Å². The van der Waals surface area contributed by atoms with E-state index < -0.39 is 0 Å². The zero-order chi connectivity index (χ0) is 43.3. The lowest BCUT2D eigenvalue weighted by molar-refractivity contribution is -0.686. The van der Waals surface area contributed by atoms with E-state index in [2.05, 4.69) is 53.7 Å². The molecule has 2 aliphatic carbocycles. The van der Waals surface area contributed by atoms with Gasteiger partial charge in [-0.2, -0.15) is 10.2 Å². The average Bonchev–Trinajstić information content (AvgIpc) is 4.08. The van der Waals surface area contributed by atoms with Crippen LogP contribution in [0, 0.1) is 13.8 Å². The molecule has 62 heavy (non-hydrogen) atoms. The maximum Gasteiger partial charge on any atom is 0.242 e. The van der Waals surface area contributed by atoms with E-state index in [1.54, 1.807) is 6.33 Å². The van der Waals surface area contributed by atoms with Crippen molar-refractivity contribution in [2.75, 3.05) is 11.5 Å². The average molecular weight is 833 g/mol. The molecule has 17 heteroatoms. The van der Waals surface area contributed by atoms with Gasteiger partial charge in [-0.1, -0.05) is 34.9 Å². The minimum atomic E-state index is -0.0604. The van der Waals surface area contributed by atoms with E-state index in [-0.39, 0.29) is 29.8 Å². The van der Waals surface area contributed by atoms with E-state index in [1.807, 2.05) is 60.8 Å². The molecule has 8 heterocycles. The standard InChI is InChI=1S/C45H49N15O2/c1-20(2)28-14-15-30(52-24(28)8)31-37(56-61-39(31)26-10-11-26)36-34-42(47)58(19-51-45(34)60(55-36)22(5)6)17-23(7)29-16-48-43(53-25(29)9)32-38(57-62-40(32)27-12-13-27)35-33-41(46)49-18-50-44(33)59(54-35)21(3)4/h14-16,18-19,21-23,26-27,47H,1,10-13,17H2,2-9H3,(H2,46,49,50,54)/p+1. The summed E-state index contributed by atoms with van der Waals surface area (Å²) in [5.41, 5.74) is 24.2. The van der Waals surface area contributed by atoms with E-state index in [9.17, 15) is 0 Å². The molecule has 0 aliphatic heterocycles. The third-order valence-electron chi connectivity index (χ3n) is 12.1. The van der Waals surface area contributed by atoms with Crippen LogP contribution in [0.1, 0.15) is 131 Å². The fourth-order valence-electron chi connectivity index (χ4n) is 8.57. The van der Waals surface area contributed by atoms with Crippen LogP contribution in [0.3, 0.4) is 0 Å². The maximum atomic E-state index is 7.17. The monoisotopic (exact) mass is 832 g/mol. The lowest BCUT2D eigenvalue weighted by Gasteiger charge is -2.15. The Morgan fingerprint density at radius 3 is 1.98 bits per heavy atom. The molecule has 316 valence electrons. The van der Waals surface area contributed by atoms with E-state index >= 15 is 0 Å². The van der Waals surface area contributed by atoms with E-state index in [0.29, 0.717) is 74.4 Å². The van der Waals surface area contributed by atoms with Crippen molar-refractivity contribution in [3.8, 4) is 45.4 Å². The van der Waals surface area contributed by atoms with Crippen molar-refractivity contribution in [1.82, 2.24) is 59.8 Å². The number of pyridine rings is 1. The predicted octanol–water partition coefficient (Wildman–Crippen LogP) is 8.22. The van der Waals surface area contributed by atoms with Crippen molar-refractivity contribution in [3.05, 3.63) is 71.6 Å². The van der Waals surface area contributed by atoms with Crippen LogP contribution < -0.4 is 16.0 Å². The van der Waals surface area contributed by atoms with Crippen molar-refractivity contribution in [2.45, 2.75) is 117 Å². The third-order valence-corrected chi connectivity index (χ3v) is 12.1. The number of hydrogen-bond donors (Lipinski definition) is 2. The van der Waals surface area contributed by atoms with Crippen molar-refractivity contribution in [1.29, 1.82) is 0 Å². The molecule has 1 atom stereocenters. The number of aryl methyl sites for hydroxylation is 2. The lowest BCUT2D eigenvalue weighted by Crippen LogP contribution is -2.40. The highest BCUT2D eigenvalue weighted by atomic mass is 16.5. The molecule has 0 saturated heterocycles. The Hall–Kier alpha value is -6.91. The molecule has 2 saturated carbocycles. The Bertz CT molecular complexity index is 3090. The van der Waals surface area contributed by atoms with Crippen LogP contribution >= 0.6 is 0 Å². The third kappa shape index (κ3) is 6.39. The van der Waals surface area contributed by atoms with Crippen LogP contribution in [-0.2, 0) is 6.54 Å². The van der Waals surface area contributed by atoms with Gasteiger partial charge in [0.25, 0.3) is 0 Å². The molecule has 1 unspecified atom stereocenters. The smallest absolute Gasteiger partial charge is 0.242 e. The summed E-state index contributed by atoms with van der Waals surface area (Å²) >= 11 is 0. The maximum absolute atomic E-state index is 7.17. The fourth-order valence-corrected chi connectivity index (χ4v) is 8.57. The first-order valence-electron chi connectivity index (χ1n) is 21.3. The minimum absolute atomic E-state index is 0.00130. The first kappa shape index (κ1) is 39.2. The summed E-state index contributed by atoms with van der Waals surface area (Å²) in [6.45, 7) is 21.0. The molecule has 0 aromatic carbocycles. The van der Waals surface area contributed by atoms with Crippen molar-refractivity contribution < 1.29 is 13.6 Å². The normalized spacial score (nSPS) is 14.9. The summed E-state index contributed by atoms with van der Waals surface area (Å²) < 4.78 is 17.9. The summed E-state index contributed by atoms with van der Waals surface area (Å²) in [4.78, 5) is 28.9. The highest BCUT2D eigenvalue weighted by Gasteiger charge is 2.38. The highest BCUT2D eigenvalue weighted by Crippen LogP contribution is 2.50. The van der Waals surface area contributed by atoms with Crippen LogP contribution in [-0.4, -0.2) is 59.8 Å². The van der Waals surface area contributed by atoms with Gasteiger partial charge in [0.2, 0.25) is 17.8 Å². The van der Waals surface area contributed by atoms with Gasteiger partial charge in [-0.3, -0.25) is 4.98 Å². The van der Waals surface area contributed by atoms with Gasteiger partial charge in [-0.05, 0) is 96.9 Å². The van der Waals surface area contributed by atoms with E-state index in [4.69, 9.17) is 50.6 Å². The molecule has 8 aromatic heterocycles. The van der Waals surface area contributed by atoms with Crippen LogP contribution in [0.5, 0.6) is 0 Å². The van der Waals surface area contributed by atoms with Crippen LogP contribution in [0.15, 0.2) is 46.6 Å². The van der Waals surface area contributed by atoms with Crippen molar-refractivity contribution in [2.24, 2.45) is 0 Å². The number of hydrogen-bond acceptors (Lipinski definition) is 14. The summed E-state index contributed by atoms with van der Waals surface area (Å²) in [5, 5.41) is 20.6. The number of nitrogen functional groups attached to an aromatic ring is 2. The van der Waals surface area contributed by atoms with Crippen LogP contribution in [0.4, 0.5) is 11.6 Å². The molecule has 2 fully saturated rings. The van der Waals surface area contributed by atoms with Gasteiger partial charge in [-0.25, -0.2) is 33.9 Å². The Morgan fingerprint density at radius 2 is 1.39 bits per heavy atom. The largest absolute Gasteiger partial charge is 0.383 e. The Kier molecular flexibility index (Phi) is 9.26. The molecular formula is C45H50N15O2+. The first-order chi connectivity index (χ1) is 29.8. The zero-order valence-electron chi connectivity index (χ0n) is 36.3. The Balaban J connectivity index is 1.03. The van der Waals surface area contributed by atoms with Crippen LogP contribution in [0.2, 0.25) is 0 Å². The number of rotatable bonds is 12. The predicted molar refractivity (Wildman–Crippen MR) is 234 cm³/mol. The summed E-state index contributed by atoms with van der Waals surface area (Å²) in [6, 6.07) is 4.10. The molecule has 17 nitrogen and oxygen atoms in total. The molecule has 0 radical (unpaired) electrons. The van der Waals surface area contributed by atoms with Gasteiger partial charge in [0.15, 0.2) is 17.2 Å². The van der Waals surface area contributed by atoms with Gasteiger partial charge in [0.05, 0.1) is 34.8 Å². The number of fused-ring (bicyclic) bond motifs is 2. The molecule has 10 rings (SSSR count). The number of nitrogens with zero attached hydrogens (tertiary/aromatic N) is 13. The summed E-state index contributed by atoms with van der Waals surface area (Å²) in [7, 11) is 0. The van der Waals surface area contributed by atoms with Crippen LogP contribution in [0.25, 0.3) is 73.1 Å². The molecule has 8 aromatic rings. The second-order valence-electron chi connectivity index (χ2n) is 17.5. The molecule has 0 amide bonds. The number of aromatic nitrogens is 13. The summed E-state index contributed by atoms with van der Waals surface area (Å²) in [5.74, 6) is 3.35. The van der Waals surface area contributed by atoms with E-state index in [1.165, 1.54) is 6.33 Å². The van der Waals surface area contributed by atoms with Gasteiger partial charge < -0.3 is 20.5 Å². The summed E-state index contributed by atoms with van der Waals surface area (Å²) in [6.07, 6.45) is 9.18. The fraction of sp³-hybridized carbons (Fsp3) is 0.400. The van der Waals surface area contributed by atoms with Crippen molar-refractivity contribution >= 4 is 39.3 Å². The molecule has 0 bridgehead atoms. The molecule has 2 aliphatic rings. The van der Waals surface area contributed by atoms with Gasteiger partial charge in [0.1, 0.15) is 46.1 Å². The van der Waals surface area contributed by atoms with Gasteiger partial charge >= 0.3 is 0 Å².